The molecule has 3 fully saturated rings. The van der Waals surface area contributed by atoms with E-state index in [0.717, 1.165) is 42.0 Å². The lowest BCUT2D eigenvalue weighted by Crippen LogP contribution is -2.22. The van der Waals surface area contributed by atoms with Gasteiger partial charge in [0, 0.05) is 18.2 Å². The van der Waals surface area contributed by atoms with Crippen LogP contribution < -0.4 is 10.1 Å². The first-order chi connectivity index (χ1) is 9.88. The zero-order valence-electron chi connectivity index (χ0n) is 11.6. The number of nitrogens with one attached hydrogen (secondary N) is 1. The molecule has 0 heterocycles. The van der Waals surface area contributed by atoms with Crippen LogP contribution >= 0.6 is 0 Å². The van der Waals surface area contributed by atoms with E-state index in [1.165, 1.54) is 24.8 Å². The number of fused-ring (bicyclic) bond motifs is 5. The minimum atomic E-state index is 0.121. The molecule has 20 heavy (non-hydrogen) atoms. The van der Waals surface area contributed by atoms with E-state index < -0.39 is 0 Å². The van der Waals surface area contributed by atoms with Crippen molar-refractivity contribution in [1.29, 1.82) is 5.26 Å². The topological polar surface area (TPSA) is 45.0 Å². The molecule has 3 aliphatic rings. The molecule has 0 aliphatic heterocycles. The highest BCUT2D eigenvalue weighted by atomic mass is 16.5. The van der Waals surface area contributed by atoms with Crippen LogP contribution in [0.15, 0.2) is 24.3 Å². The van der Waals surface area contributed by atoms with Crippen molar-refractivity contribution in [2.45, 2.75) is 31.8 Å². The van der Waals surface area contributed by atoms with Gasteiger partial charge in [-0.2, -0.15) is 5.26 Å². The number of ether oxygens (including phenoxy) is 1. The lowest BCUT2D eigenvalue weighted by Gasteiger charge is -2.13. The second kappa shape index (κ2) is 4.79. The predicted molar refractivity (Wildman–Crippen MR) is 76.0 cm³/mol. The minimum Gasteiger partial charge on any atom is -0.478 e. The van der Waals surface area contributed by atoms with Gasteiger partial charge in [-0.1, -0.05) is 18.2 Å². The van der Waals surface area contributed by atoms with E-state index in [1.807, 2.05) is 24.3 Å². The van der Waals surface area contributed by atoms with Crippen LogP contribution in [0.4, 0.5) is 0 Å². The molecule has 0 amide bonds. The summed E-state index contributed by atoms with van der Waals surface area (Å²) in [5, 5.41) is 12.4. The number of benzene rings is 1. The number of hydrogen-bond acceptors (Lipinski definition) is 3. The standard InChI is InChI=1S/C17H20N2O/c18-7-8-20-14-4-2-1-3-13(14)10-19-17-15-11-5-6-12(9-11)16(15)17/h1-4,11-12,15-17,19H,5-6,8-10H2. The third kappa shape index (κ3) is 1.91. The maximum atomic E-state index is 8.63. The molecular weight excluding hydrogens is 248 g/mol. The summed E-state index contributed by atoms with van der Waals surface area (Å²) in [5.41, 5.74) is 1.17. The largest absolute Gasteiger partial charge is 0.478 e. The number of hydrogen-bond donors (Lipinski definition) is 1. The monoisotopic (exact) mass is 268 g/mol. The Morgan fingerprint density at radius 1 is 1.20 bits per heavy atom. The van der Waals surface area contributed by atoms with E-state index in [4.69, 9.17) is 10.00 Å². The summed E-state index contributed by atoms with van der Waals surface area (Å²) in [7, 11) is 0. The zero-order valence-corrected chi connectivity index (χ0v) is 11.6. The molecule has 1 aromatic rings. The van der Waals surface area contributed by atoms with Gasteiger partial charge in [0.1, 0.15) is 11.8 Å². The predicted octanol–water partition coefficient (Wildman–Crippen LogP) is 2.72. The second-order valence-corrected chi connectivity index (χ2v) is 6.45. The first-order valence-corrected chi connectivity index (χ1v) is 7.69. The summed E-state index contributed by atoms with van der Waals surface area (Å²) in [6.07, 6.45) is 4.42. The van der Waals surface area contributed by atoms with E-state index in [1.54, 1.807) is 0 Å². The fourth-order valence-electron chi connectivity index (χ4n) is 4.73. The Kier molecular flexibility index (Phi) is 2.93. The molecular formula is C17H20N2O. The molecule has 3 saturated carbocycles. The fraction of sp³-hybridized carbons (Fsp3) is 0.588. The Bertz CT molecular complexity index is 534. The van der Waals surface area contributed by atoms with E-state index in [-0.39, 0.29) is 6.61 Å². The van der Waals surface area contributed by atoms with Crippen molar-refractivity contribution in [2.75, 3.05) is 6.61 Å². The Hall–Kier alpha value is -1.53. The Morgan fingerprint density at radius 3 is 2.70 bits per heavy atom. The molecule has 0 saturated heterocycles. The molecule has 104 valence electrons. The summed E-state index contributed by atoms with van der Waals surface area (Å²) in [4.78, 5) is 0. The maximum absolute atomic E-state index is 8.63. The van der Waals surface area contributed by atoms with Crippen molar-refractivity contribution in [3.8, 4) is 11.8 Å². The summed E-state index contributed by atoms with van der Waals surface area (Å²) < 4.78 is 5.49. The zero-order chi connectivity index (χ0) is 13.5. The number of para-hydroxylation sites is 1. The van der Waals surface area contributed by atoms with Gasteiger partial charge in [0.2, 0.25) is 0 Å². The van der Waals surface area contributed by atoms with Gasteiger partial charge in [0.25, 0.3) is 0 Å². The third-order valence-corrected chi connectivity index (χ3v) is 5.53. The van der Waals surface area contributed by atoms with Crippen molar-refractivity contribution in [1.82, 2.24) is 5.32 Å². The fourth-order valence-corrected chi connectivity index (χ4v) is 4.73. The molecule has 3 aliphatic carbocycles. The van der Waals surface area contributed by atoms with Crippen LogP contribution in [0.3, 0.4) is 0 Å². The van der Waals surface area contributed by atoms with Crippen molar-refractivity contribution >= 4 is 0 Å². The molecule has 0 radical (unpaired) electrons. The quantitative estimate of drug-likeness (QED) is 0.893. The van der Waals surface area contributed by atoms with Crippen molar-refractivity contribution in [3.05, 3.63) is 29.8 Å². The van der Waals surface area contributed by atoms with Crippen LogP contribution in [0.2, 0.25) is 0 Å². The van der Waals surface area contributed by atoms with Gasteiger partial charge in [0.15, 0.2) is 6.61 Å². The maximum Gasteiger partial charge on any atom is 0.174 e. The average Bonchev–Trinajstić information content (AvgIpc) is 2.87. The Morgan fingerprint density at radius 2 is 1.95 bits per heavy atom. The van der Waals surface area contributed by atoms with E-state index in [0.29, 0.717) is 0 Å². The molecule has 1 N–H and O–H groups in total. The van der Waals surface area contributed by atoms with Gasteiger partial charge in [-0.15, -0.1) is 0 Å². The van der Waals surface area contributed by atoms with Crippen molar-refractivity contribution in [2.24, 2.45) is 23.7 Å². The van der Waals surface area contributed by atoms with Crippen LogP contribution in [-0.2, 0) is 6.54 Å². The molecule has 0 aromatic heterocycles. The highest BCUT2D eigenvalue weighted by Crippen LogP contribution is 2.65. The molecule has 4 unspecified atom stereocenters. The molecule has 1 aromatic carbocycles. The second-order valence-electron chi connectivity index (χ2n) is 6.45. The summed E-state index contributed by atoms with van der Waals surface area (Å²) in [6.45, 7) is 0.981. The summed E-state index contributed by atoms with van der Waals surface area (Å²) in [5.74, 6) is 4.78. The summed E-state index contributed by atoms with van der Waals surface area (Å²) in [6, 6.07) is 10.8. The molecule has 4 atom stereocenters. The van der Waals surface area contributed by atoms with E-state index in [2.05, 4.69) is 11.4 Å². The van der Waals surface area contributed by atoms with Crippen LogP contribution in [0.1, 0.15) is 24.8 Å². The number of rotatable bonds is 5. The van der Waals surface area contributed by atoms with Crippen LogP contribution in [0.5, 0.6) is 5.75 Å². The number of nitrogens with zero attached hydrogens (tertiary/aromatic N) is 1. The van der Waals surface area contributed by atoms with Gasteiger partial charge in [-0.05, 0) is 49.0 Å². The van der Waals surface area contributed by atoms with Crippen molar-refractivity contribution in [3.63, 3.8) is 0 Å². The number of nitriles is 1. The Labute approximate surface area is 119 Å². The average molecular weight is 268 g/mol. The van der Waals surface area contributed by atoms with Crippen LogP contribution in [0, 0.1) is 35.0 Å². The van der Waals surface area contributed by atoms with Crippen molar-refractivity contribution < 1.29 is 4.74 Å². The molecule has 2 bridgehead atoms. The Balaban J connectivity index is 1.38. The third-order valence-electron chi connectivity index (χ3n) is 5.53. The molecule has 3 heteroatoms. The SMILES string of the molecule is N#CCOc1ccccc1CNC1C2C3CCC(C3)C12. The lowest BCUT2D eigenvalue weighted by molar-refractivity contribution is 0.361. The summed E-state index contributed by atoms with van der Waals surface area (Å²) >= 11 is 0. The smallest absolute Gasteiger partial charge is 0.174 e. The van der Waals surface area contributed by atoms with Gasteiger partial charge in [-0.25, -0.2) is 0 Å². The molecule has 4 rings (SSSR count). The highest BCUT2D eigenvalue weighted by Gasteiger charge is 2.64. The van der Waals surface area contributed by atoms with Crippen LogP contribution in [-0.4, -0.2) is 12.6 Å². The normalized spacial score (nSPS) is 36.5. The van der Waals surface area contributed by atoms with Gasteiger partial charge in [0.05, 0.1) is 0 Å². The molecule has 3 nitrogen and oxygen atoms in total. The molecule has 0 spiro atoms. The van der Waals surface area contributed by atoms with Crippen LogP contribution in [0.25, 0.3) is 0 Å². The highest BCUT2D eigenvalue weighted by molar-refractivity contribution is 5.33. The van der Waals surface area contributed by atoms with E-state index >= 15 is 0 Å². The van der Waals surface area contributed by atoms with Gasteiger partial charge < -0.3 is 10.1 Å². The lowest BCUT2D eigenvalue weighted by atomic mass is 10.0. The first-order valence-electron chi connectivity index (χ1n) is 7.69. The van der Waals surface area contributed by atoms with Gasteiger partial charge in [-0.3, -0.25) is 0 Å². The first kappa shape index (κ1) is 12.2. The van der Waals surface area contributed by atoms with Gasteiger partial charge >= 0.3 is 0 Å². The van der Waals surface area contributed by atoms with E-state index in [9.17, 15) is 0 Å². The minimum absolute atomic E-state index is 0.121.